The van der Waals surface area contributed by atoms with E-state index in [1.165, 1.54) is 41.8 Å². The quantitative estimate of drug-likeness (QED) is 0.836. The molecule has 112 valence electrons. The van der Waals surface area contributed by atoms with E-state index in [0.717, 1.165) is 0 Å². The van der Waals surface area contributed by atoms with Gasteiger partial charge in [-0.1, -0.05) is 36.2 Å². The van der Waals surface area contributed by atoms with Gasteiger partial charge in [0, 0.05) is 23.3 Å². The maximum atomic E-state index is 9.45. The molecule has 0 spiro atoms. The summed E-state index contributed by atoms with van der Waals surface area (Å²) in [6.07, 6.45) is 3.62. The molecule has 1 saturated carbocycles. The molecule has 0 amide bonds. The van der Waals surface area contributed by atoms with Crippen LogP contribution in [0.4, 0.5) is 11.4 Å². The van der Waals surface area contributed by atoms with Crippen LogP contribution in [0.15, 0.2) is 42.5 Å². The third-order valence-corrected chi connectivity index (χ3v) is 5.13. The van der Waals surface area contributed by atoms with E-state index in [1.54, 1.807) is 0 Å². The first-order valence-corrected chi connectivity index (χ1v) is 8.01. The Labute approximate surface area is 131 Å². The maximum Gasteiger partial charge on any atom is 0.488 e. The lowest BCUT2D eigenvalue weighted by Gasteiger charge is -2.27. The van der Waals surface area contributed by atoms with Crippen molar-refractivity contribution in [2.45, 2.75) is 38.1 Å². The van der Waals surface area contributed by atoms with E-state index in [9.17, 15) is 10.0 Å². The smallest absolute Gasteiger partial charge is 0.423 e. The molecule has 2 aliphatic rings. The van der Waals surface area contributed by atoms with Crippen molar-refractivity contribution in [3.63, 3.8) is 0 Å². The molecule has 1 heterocycles. The molecule has 2 aromatic carbocycles. The predicted molar refractivity (Wildman–Crippen MR) is 90.0 cm³/mol. The molecule has 0 radical (unpaired) electrons. The Morgan fingerprint density at radius 2 is 1.82 bits per heavy atom. The third kappa shape index (κ3) is 2.06. The fraction of sp³-hybridized carbons (Fsp3) is 0.333. The van der Waals surface area contributed by atoms with Gasteiger partial charge in [-0.3, -0.25) is 0 Å². The zero-order chi connectivity index (χ0) is 15.3. The van der Waals surface area contributed by atoms with Crippen molar-refractivity contribution in [2.24, 2.45) is 0 Å². The minimum absolute atomic E-state index is 0.504. The van der Waals surface area contributed by atoms with Crippen molar-refractivity contribution in [1.82, 2.24) is 0 Å². The average Bonchev–Trinajstić information content (AvgIpc) is 3.08. The minimum atomic E-state index is -1.39. The van der Waals surface area contributed by atoms with Crippen LogP contribution in [0.1, 0.15) is 36.3 Å². The Morgan fingerprint density at radius 1 is 1.05 bits per heavy atom. The molecule has 1 fully saturated rings. The number of aryl methyl sites for hydroxylation is 1. The van der Waals surface area contributed by atoms with E-state index in [2.05, 4.69) is 36.1 Å². The van der Waals surface area contributed by atoms with Crippen LogP contribution in [-0.4, -0.2) is 23.2 Å². The van der Waals surface area contributed by atoms with Crippen molar-refractivity contribution < 1.29 is 10.0 Å². The van der Waals surface area contributed by atoms with Crippen LogP contribution in [0.5, 0.6) is 0 Å². The van der Waals surface area contributed by atoms with Crippen LogP contribution < -0.4 is 10.4 Å². The zero-order valence-corrected chi connectivity index (χ0v) is 12.7. The van der Waals surface area contributed by atoms with E-state index < -0.39 is 7.12 Å². The highest BCUT2D eigenvalue weighted by atomic mass is 16.4. The molecule has 3 nitrogen and oxygen atoms in total. The van der Waals surface area contributed by atoms with E-state index in [1.807, 2.05) is 18.2 Å². The number of rotatable bonds is 2. The lowest BCUT2D eigenvalue weighted by atomic mass is 9.78. The summed E-state index contributed by atoms with van der Waals surface area (Å²) < 4.78 is 0. The fourth-order valence-corrected chi connectivity index (χ4v) is 4.08. The Hall–Kier alpha value is -1.78. The molecule has 0 saturated heterocycles. The standard InChI is InChI=1S/C18H20BNO2/c1-12-5-8-14(9-6-12)20-17-4-2-3-15(17)16-11-13(19(21)22)7-10-18(16)20/h5-11,15,17,21-22H,2-4H2,1H3. The predicted octanol–water partition coefficient (Wildman–Crippen LogP) is 2.46. The molecule has 0 aromatic heterocycles. The van der Waals surface area contributed by atoms with Crippen LogP contribution in [-0.2, 0) is 0 Å². The molecule has 4 rings (SSSR count). The van der Waals surface area contributed by atoms with Crippen molar-refractivity contribution in [3.8, 4) is 0 Å². The summed E-state index contributed by atoms with van der Waals surface area (Å²) in [4.78, 5) is 2.44. The van der Waals surface area contributed by atoms with Gasteiger partial charge in [0.15, 0.2) is 0 Å². The van der Waals surface area contributed by atoms with Crippen LogP contribution >= 0.6 is 0 Å². The summed E-state index contributed by atoms with van der Waals surface area (Å²) in [7, 11) is -1.39. The number of benzene rings is 2. The largest absolute Gasteiger partial charge is 0.488 e. The Bertz CT molecular complexity index is 699. The van der Waals surface area contributed by atoms with Gasteiger partial charge in [-0.05, 0) is 49.0 Å². The van der Waals surface area contributed by atoms with Crippen LogP contribution in [0.2, 0.25) is 0 Å². The van der Waals surface area contributed by atoms with E-state index >= 15 is 0 Å². The molecule has 22 heavy (non-hydrogen) atoms. The average molecular weight is 293 g/mol. The van der Waals surface area contributed by atoms with Crippen molar-refractivity contribution in [1.29, 1.82) is 0 Å². The summed E-state index contributed by atoms with van der Waals surface area (Å²) >= 11 is 0. The second-order valence-electron chi connectivity index (χ2n) is 6.50. The molecule has 4 heteroatoms. The number of anilines is 2. The third-order valence-electron chi connectivity index (χ3n) is 5.13. The van der Waals surface area contributed by atoms with Crippen LogP contribution in [0.3, 0.4) is 0 Å². The molecule has 2 atom stereocenters. The molecular weight excluding hydrogens is 273 g/mol. The number of hydrogen-bond acceptors (Lipinski definition) is 3. The molecule has 2 N–H and O–H groups in total. The SMILES string of the molecule is Cc1ccc(N2c3ccc(B(O)O)cc3C3CCCC32)cc1. The number of hydrogen-bond donors (Lipinski definition) is 2. The Balaban J connectivity index is 1.82. The lowest BCUT2D eigenvalue weighted by molar-refractivity contribution is 0.425. The van der Waals surface area contributed by atoms with E-state index in [4.69, 9.17) is 0 Å². The lowest BCUT2D eigenvalue weighted by Crippen LogP contribution is -2.30. The van der Waals surface area contributed by atoms with E-state index in [0.29, 0.717) is 17.4 Å². The topological polar surface area (TPSA) is 43.7 Å². The van der Waals surface area contributed by atoms with Crippen molar-refractivity contribution in [2.75, 3.05) is 4.90 Å². The highest BCUT2D eigenvalue weighted by Gasteiger charge is 2.42. The first-order chi connectivity index (χ1) is 10.6. The summed E-state index contributed by atoms with van der Waals surface area (Å²) in [6.45, 7) is 2.11. The van der Waals surface area contributed by atoms with E-state index in [-0.39, 0.29) is 0 Å². The molecule has 2 unspecified atom stereocenters. The molecule has 1 aliphatic heterocycles. The van der Waals surface area contributed by atoms with Gasteiger partial charge >= 0.3 is 7.12 Å². The van der Waals surface area contributed by atoms with Gasteiger partial charge in [0.05, 0.1) is 0 Å². The zero-order valence-electron chi connectivity index (χ0n) is 12.7. The summed E-state index contributed by atoms with van der Waals surface area (Å²) in [6, 6.07) is 15.0. The van der Waals surface area contributed by atoms with Gasteiger partial charge in [-0.2, -0.15) is 0 Å². The summed E-state index contributed by atoms with van der Waals surface area (Å²) in [5, 5.41) is 18.9. The Morgan fingerprint density at radius 3 is 2.55 bits per heavy atom. The number of nitrogens with zero attached hydrogens (tertiary/aromatic N) is 1. The normalized spacial score (nSPS) is 22.6. The molecule has 2 aromatic rings. The van der Waals surface area contributed by atoms with Crippen LogP contribution in [0.25, 0.3) is 0 Å². The maximum absolute atomic E-state index is 9.45. The van der Waals surface area contributed by atoms with Gasteiger partial charge in [-0.15, -0.1) is 0 Å². The highest BCUT2D eigenvalue weighted by molar-refractivity contribution is 6.58. The second-order valence-corrected chi connectivity index (χ2v) is 6.50. The minimum Gasteiger partial charge on any atom is -0.423 e. The first-order valence-electron chi connectivity index (χ1n) is 8.01. The van der Waals surface area contributed by atoms with Gasteiger partial charge in [0.2, 0.25) is 0 Å². The second kappa shape index (κ2) is 5.15. The fourth-order valence-electron chi connectivity index (χ4n) is 4.08. The molecule has 0 bridgehead atoms. The monoisotopic (exact) mass is 293 g/mol. The van der Waals surface area contributed by atoms with Gasteiger partial charge in [-0.25, -0.2) is 0 Å². The highest BCUT2D eigenvalue weighted by Crippen LogP contribution is 2.51. The van der Waals surface area contributed by atoms with Crippen LogP contribution in [0, 0.1) is 6.92 Å². The molecule has 1 aliphatic carbocycles. The summed E-state index contributed by atoms with van der Waals surface area (Å²) in [5.41, 5.74) is 5.59. The Kier molecular flexibility index (Phi) is 3.24. The number of fused-ring (bicyclic) bond motifs is 3. The van der Waals surface area contributed by atoms with Crippen molar-refractivity contribution >= 4 is 24.0 Å². The molecular formula is C18H20BNO2. The van der Waals surface area contributed by atoms with Gasteiger partial charge in [0.25, 0.3) is 0 Å². The summed E-state index contributed by atoms with van der Waals surface area (Å²) in [5.74, 6) is 0.509. The van der Waals surface area contributed by atoms with Gasteiger partial charge < -0.3 is 14.9 Å². The van der Waals surface area contributed by atoms with Crippen molar-refractivity contribution in [3.05, 3.63) is 53.6 Å². The van der Waals surface area contributed by atoms with Gasteiger partial charge in [0.1, 0.15) is 0 Å². The first kappa shape index (κ1) is 13.9.